The molecule has 1 saturated heterocycles. The van der Waals surface area contributed by atoms with Gasteiger partial charge in [-0.15, -0.1) is 22.0 Å². The van der Waals surface area contributed by atoms with Gasteiger partial charge in [0.05, 0.1) is 0 Å². The number of carbonyl (C=O) groups is 4. The summed E-state index contributed by atoms with van der Waals surface area (Å²) in [5.41, 5.74) is 2.52. The summed E-state index contributed by atoms with van der Waals surface area (Å²) in [5, 5.41) is 25.9. The second-order valence-corrected chi connectivity index (χ2v) is 11.5. The molecule has 2 aromatic heterocycles. The first kappa shape index (κ1) is 28.2. The van der Waals surface area contributed by atoms with Gasteiger partial charge in [0.1, 0.15) is 35.0 Å². The first-order valence-corrected chi connectivity index (χ1v) is 14.7. The molecule has 2 aliphatic rings. The Hall–Kier alpha value is -4.35. The fraction of sp³-hybridized carbons (Fsp3) is 0.208. The lowest BCUT2D eigenvalue weighted by atomic mass is 10.0. The standard InChI is InChI=1S/C24H20N8O6S3/c33-11-26-15-6-7-25-19(28-15)16(31-38-8-13-4-2-1-3-5-13)20(34)29-17-21(35)32-18(23(36)37)14(9-39-22(17)32)10-40-24-30-27-12-41-24/h1-7,11-12,17,22H,8-10H2,(H,29,34)(H,36,37)(H,25,26,28,33)/t17?,22-/m0/s1. The molecular formula is C24H20N8O6S3. The quantitative estimate of drug-likeness (QED) is 0.0877. The van der Waals surface area contributed by atoms with E-state index in [1.54, 1.807) is 5.51 Å². The van der Waals surface area contributed by atoms with Gasteiger partial charge in [-0.3, -0.25) is 19.3 Å². The summed E-state index contributed by atoms with van der Waals surface area (Å²) in [6, 6.07) is 9.53. The highest BCUT2D eigenvalue weighted by atomic mass is 32.2. The van der Waals surface area contributed by atoms with Crippen molar-refractivity contribution in [2.45, 2.75) is 22.4 Å². The molecule has 3 N–H and O–H groups in total. The van der Waals surface area contributed by atoms with E-state index in [9.17, 15) is 24.3 Å². The zero-order chi connectivity index (χ0) is 28.8. The number of carboxylic acid groups (broad SMARTS) is 1. The third kappa shape index (κ3) is 6.36. The van der Waals surface area contributed by atoms with Crippen molar-refractivity contribution in [1.29, 1.82) is 0 Å². The highest BCUT2D eigenvalue weighted by Gasteiger charge is 2.54. The summed E-state index contributed by atoms with van der Waals surface area (Å²) in [7, 11) is 0. The lowest BCUT2D eigenvalue weighted by Gasteiger charge is -2.49. The highest BCUT2D eigenvalue weighted by molar-refractivity contribution is 8.01. The highest BCUT2D eigenvalue weighted by Crippen LogP contribution is 2.41. The molecule has 1 fully saturated rings. The zero-order valence-corrected chi connectivity index (χ0v) is 23.3. The van der Waals surface area contributed by atoms with E-state index in [0.717, 1.165) is 5.56 Å². The average molecular weight is 613 g/mol. The fourth-order valence-corrected chi connectivity index (χ4v) is 6.89. The van der Waals surface area contributed by atoms with Gasteiger partial charge in [-0.25, -0.2) is 14.8 Å². The minimum absolute atomic E-state index is 0.0448. The van der Waals surface area contributed by atoms with E-state index < -0.39 is 29.2 Å². The number of anilines is 1. The number of aromatic nitrogens is 4. The molecule has 4 heterocycles. The number of fused-ring (bicyclic) bond motifs is 1. The van der Waals surface area contributed by atoms with Crippen LogP contribution in [0.25, 0.3) is 0 Å². The van der Waals surface area contributed by atoms with Crippen molar-refractivity contribution >= 4 is 70.6 Å². The Kier molecular flexibility index (Phi) is 8.85. The molecular weight excluding hydrogens is 593 g/mol. The van der Waals surface area contributed by atoms with Crippen LogP contribution in [0, 0.1) is 0 Å². The predicted molar refractivity (Wildman–Crippen MR) is 150 cm³/mol. The molecule has 0 bridgehead atoms. The van der Waals surface area contributed by atoms with Crippen molar-refractivity contribution in [3.8, 4) is 0 Å². The minimum atomic E-state index is -1.23. The number of β-lactam (4-membered cyclic amide) rings is 1. The largest absolute Gasteiger partial charge is 0.477 e. The van der Waals surface area contributed by atoms with Crippen LogP contribution in [0.2, 0.25) is 0 Å². The number of nitrogens with zero attached hydrogens (tertiary/aromatic N) is 6. The number of benzene rings is 1. The molecule has 3 aromatic rings. The molecule has 5 rings (SSSR count). The maximum atomic E-state index is 13.4. The van der Waals surface area contributed by atoms with Gasteiger partial charge in [0.15, 0.2) is 10.2 Å². The third-order valence-electron chi connectivity index (χ3n) is 5.77. The lowest BCUT2D eigenvalue weighted by molar-refractivity contribution is -0.150. The van der Waals surface area contributed by atoms with E-state index in [1.165, 1.54) is 52.0 Å². The third-order valence-corrected chi connectivity index (χ3v) is 9.05. The van der Waals surface area contributed by atoms with Gasteiger partial charge in [-0.05, 0) is 17.2 Å². The molecule has 0 aliphatic carbocycles. The summed E-state index contributed by atoms with van der Waals surface area (Å²) >= 11 is 4.01. The topological polar surface area (TPSA) is 189 Å². The van der Waals surface area contributed by atoms with Crippen molar-refractivity contribution < 1.29 is 29.1 Å². The molecule has 1 aromatic carbocycles. The molecule has 17 heteroatoms. The molecule has 0 radical (unpaired) electrons. The summed E-state index contributed by atoms with van der Waals surface area (Å²) in [5.74, 6) is -1.97. The van der Waals surface area contributed by atoms with Crippen molar-refractivity contribution in [3.05, 3.63) is 70.8 Å². The molecule has 14 nitrogen and oxygen atoms in total. The Morgan fingerprint density at radius 3 is 2.83 bits per heavy atom. The molecule has 3 amide bonds. The van der Waals surface area contributed by atoms with Crippen LogP contribution in [0.1, 0.15) is 11.4 Å². The second-order valence-electron chi connectivity index (χ2n) is 8.34. The van der Waals surface area contributed by atoms with Gasteiger partial charge in [0, 0.05) is 17.7 Å². The van der Waals surface area contributed by atoms with Crippen molar-refractivity contribution in [1.82, 2.24) is 30.4 Å². The number of nitrogens with one attached hydrogen (secondary N) is 2. The van der Waals surface area contributed by atoms with Gasteiger partial charge in [0.25, 0.3) is 11.8 Å². The zero-order valence-electron chi connectivity index (χ0n) is 20.9. The molecule has 210 valence electrons. The summed E-state index contributed by atoms with van der Waals surface area (Å²) in [6.45, 7) is 0.0448. The van der Waals surface area contributed by atoms with Crippen molar-refractivity contribution in [2.24, 2.45) is 5.16 Å². The van der Waals surface area contributed by atoms with Gasteiger partial charge in [0.2, 0.25) is 12.1 Å². The molecule has 0 saturated carbocycles. The number of hydrogen-bond donors (Lipinski definition) is 3. The van der Waals surface area contributed by atoms with Crippen LogP contribution in [0.4, 0.5) is 5.82 Å². The first-order valence-electron chi connectivity index (χ1n) is 11.8. The monoisotopic (exact) mass is 612 g/mol. The number of carbonyl (C=O) groups excluding carboxylic acids is 3. The predicted octanol–water partition coefficient (Wildman–Crippen LogP) is 1.35. The van der Waals surface area contributed by atoms with Crippen LogP contribution in [0.15, 0.2) is 68.9 Å². The van der Waals surface area contributed by atoms with Gasteiger partial charge in [-0.1, -0.05) is 58.6 Å². The van der Waals surface area contributed by atoms with Crippen molar-refractivity contribution in [3.63, 3.8) is 0 Å². The Morgan fingerprint density at radius 2 is 2.10 bits per heavy atom. The molecule has 2 aliphatic heterocycles. The van der Waals surface area contributed by atoms with Crippen molar-refractivity contribution in [2.75, 3.05) is 16.8 Å². The number of carboxylic acids is 1. The minimum Gasteiger partial charge on any atom is -0.477 e. The summed E-state index contributed by atoms with van der Waals surface area (Å²) < 4.78 is 0.686. The Morgan fingerprint density at radius 1 is 1.27 bits per heavy atom. The van der Waals surface area contributed by atoms with E-state index >= 15 is 0 Å². The fourth-order valence-electron chi connectivity index (χ4n) is 3.92. The number of amides is 3. The van der Waals surface area contributed by atoms with E-state index in [0.29, 0.717) is 27.8 Å². The normalized spacial score (nSPS) is 18.3. The van der Waals surface area contributed by atoms with Crippen LogP contribution in [0.5, 0.6) is 0 Å². The number of oxime groups is 1. The number of thioether (sulfide) groups is 2. The van der Waals surface area contributed by atoms with Gasteiger partial charge in [-0.2, -0.15) is 0 Å². The van der Waals surface area contributed by atoms with Crippen LogP contribution in [0.3, 0.4) is 0 Å². The van der Waals surface area contributed by atoms with E-state index in [2.05, 4.69) is 36.0 Å². The maximum absolute atomic E-state index is 13.4. The first-order chi connectivity index (χ1) is 20.0. The molecule has 41 heavy (non-hydrogen) atoms. The molecule has 2 atom stereocenters. The molecule has 1 unspecified atom stereocenters. The van der Waals surface area contributed by atoms with E-state index in [4.69, 9.17) is 4.84 Å². The average Bonchev–Trinajstić information content (AvgIpc) is 3.51. The van der Waals surface area contributed by atoms with Crippen LogP contribution < -0.4 is 10.6 Å². The van der Waals surface area contributed by atoms with E-state index in [1.807, 2.05) is 30.3 Å². The lowest BCUT2D eigenvalue weighted by Crippen LogP contribution is -2.71. The van der Waals surface area contributed by atoms with Crippen LogP contribution in [-0.4, -0.2) is 83.0 Å². The van der Waals surface area contributed by atoms with Gasteiger partial charge >= 0.3 is 5.97 Å². The van der Waals surface area contributed by atoms with Crippen LogP contribution >= 0.6 is 34.9 Å². The summed E-state index contributed by atoms with van der Waals surface area (Å²) in [6.07, 6.45) is 1.75. The second kappa shape index (κ2) is 12.9. The Labute approximate surface area is 244 Å². The smallest absolute Gasteiger partial charge is 0.352 e. The summed E-state index contributed by atoms with van der Waals surface area (Å²) in [4.78, 5) is 64.3. The van der Waals surface area contributed by atoms with Crippen LogP contribution in [-0.2, 0) is 30.6 Å². The number of hydrogen-bond acceptors (Lipinski definition) is 13. The maximum Gasteiger partial charge on any atom is 0.352 e. The number of rotatable bonds is 12. The Balaban J connectivity index is 1.33. The number of aliphatic carboxylic acids is 1. The SMILES string of the molecule is O=CNc1ccnc(C(=NOCc2ccccc2)C(=O)NC2C(=O)N3C(C(=O)O)=C(CSc4nncs4)CS[C@@H]23)n1. The molecule has 0 spiro atoms. The van der Waals surface area contributed by atoms with E-state index in [-0.39, 0.29) is 29.7 Å². The Bertz CT molecular complexity index is 1520. The van der Waals surface area contributed by atoms with Gasteiger partial charge < -0.3 is 20.6 Å².